The van der Waals surface area contributed by atoms with Crippen LogP contribution >= 0.6 is 0 Å². The second-order valence-electron chi connectivity index (χ2n) is 4.69. The number of hydrogen-bond acceptors (Lipinski definition) is 3. The molecule has 0 aromatic carbocycles. The first kappa shape index (κ1) is 13.4. The summed E-state index contributed by atoms with van der Waals surface area (Å²) in [5.74, 6) is 0. The quantitative estimate of drug-likeness (QED) is 0.882. The van der Waals surface area contributed by atoms with Crippen LogP contribution in [0.4, 0.5) is 0 Å². The summed E-state index contributed by atoms with van der Waals surface area (Å²) in [5, 5.41) is 16.7. The SMILES string of the molecule is CCc1nn(C)cc1CNCc1cc(C#N)n(C)c1. The minimum Gasteiger partial charge on any atom is -0.342 e. The van der Waals surface area contributed by atoms with E-state index in [1.54, 1.807) is 0 Å². The van der Waals surface area contributed by atoms with Crippen LogP contribution in [0.25, 0.3) is 0 Å². The van der Waals surface area contributed by atoms with Crippen LogP contribution in [-0.2, 0) is 33.6 Å². The predicted molar refractivity (Wildman–Crippen MR) is 73.3 cm³/mol. The van der Waals surface area contributed by atoms with E-state index in [1.165, 1.54) is 5.56 Å². The van der Waals surface area contributed by atoms with Gasteiger partial charge in [-0.2, -0.15) is 10.4 Å². The largest absolute Gasteiger partial charge is 0.342 e. The molecule has 2 rings (SSSR count). The van der Waals surface area contributed by atoms with Gasteiger partial charge in [0.15, 0.2) is 0 Å². The molecule has 0 aliphatic heterocycles. The zero-order valence-electron chi connectivity index (χ0n) is 11.6. The van der Waals surface area contributed by atoms with Crippen LogP contribution in [0, 0.1) is 11.3 Å². The average Bonchev–Trinajstić information content (AvgIpc) is 2.92. The maximum atomic E-state index is 8.90. The predicted octanol–water partition coefficient (Wildman–Crippen LogP) is 1.48. The van der Waals surface area contributed by atoms with E-state index in [0.717, 1.165) is 30.8 Å². The molecule has 5 nitrogen and oxygen atoms in total. The van der Waals surface area contributed by atoms with Crippen molar-refractivity contribution in [2.24, 2.45) is 14.1 Å². The first-order chi connectivity index (χ1) is 9.13. The number of aryl methyl sites for hydroxylation is 3. The number of aromatic nitrogens is 3. The van der Waals surface area contributed by atoms with Gasteiger partial charge in [0.1, 0.15) is 11.8 Å². The maximum absolute atomic E-state index is 8.90. The lowest BCUT2D eigenvalue weighted by Crippen LogP contribution is -2.12. The fourth-order valence-electron chi connectivity index (χ4n) is 2.21. The van der Waals surface area contributed by atoms with Crippen LogP contribution in [0.1, 0.15) is 29.4 Å². The molecule has 0 unspecified atom stereocenters. The smallest absolute Gasteiger partial charge is 0.120 e. The van der Waals surface area contributed by atoms with E-state index in [1.807, 2.05) is 35.6 Å². The van der Waals surface area contributed by atoms with Crippen molar-refractivity contribution in [1.29, 1.82) is 5.26 Å². The highest BCUT2D eigenvalue weighted by Crippen LogP contribution is 2.09. The maximum Gasteiger partial charge on any atom is 0.120 e. The Morgan fingerprint density at radius 2 is 2.11 bits per heavy atom. The monoisotopic (exact) mass is 257 g/mol. The van der Waals surface area contributed by atoms with Crippen LogP contribution in [-0.4, -0.2) is 14.3 Å². The molecular formula is C14H19N5. The zero-order chi connectivity index (χ0) is 13.8. The third-order valence-electron chi connectivity index (χ3n) is 3.15. The third kappa shape index (κ3) is 3.04. The molecule has 2 aromatic heterocycles. The van der Waals surface area contributed by atoms with Crippen LogP contribution in [0.5, 0.6) is 0 Å². The Kier molecular flexibility index (Phi) is 4.03. The van der Waals surface area contributed by atoms with E-state index >= 15 is 0 Å². The van der Waals surface area contributed by atoms with Crippen molar-refractivity contribution in [3.8, 4) is 6.07 Å². The molecule has 100 valence electrons. The van der Waals surface area contributed by atoms with E-state index in [2.05, 4.69) is 29.6 Å². The van der Waals surface area contributed by atoms with Crippen LogP contribution in [0.15, 0.2) is 18.5 Å². The van der Waals surface area contributed by atoms with Gasteiger partial charge in [-0.15, -0.1) is 0 Å². The number of hydrogen-bond donors (Lipinski definition) is 1. The minimum atomic E-state index is 0.687. The summed E-state index contributed by atoms with van der Waals surface area (Å²) in [5.41, 5.74) is 4.19. The molecular weight excluding hydrogens is 238 g/mol. The van der Waals surface area contributed by atoms with Gasteiger partial charge in [-0.1, -0.05) is 6.92 Å². The summed E-state index contributed by atoms with van der Waals surface area (Å²) in [6, 6.07) is 4.08. The topological polar surface area (TPSA) is 58.6 Å². The average molecular weight is 257 g/mol. The first-order valence-electron chi connectivity index (χ1n) is 6.41. The Balaban J connectivity index is 1.94. The van der Waals surface area contributed by atoms with Gasteiger partial charge in [-0.05, 0) is 18.1 Å². The third-order valence-corrected chi connectivity index (χ3v) is 3.15. The first-order valence-corrected chi connectivity index (χ1v) is 6.41. The number of nitrogens with zero attached hydrogens (tertiary/aromatic N) is 4. The summed E-state index contributed by atoms with van der Waals surface area (Å²) >= 11 is 0. The Hall–Kier alpha value is -2.06. The van der Waals surface area contributed by atoms with Gasteiger partial charge < -0.3 is 9.88 Å². The van der Waals surface area contributed by atoms with Crippen molar-refractivity contribution in [3.63, 3.8) is 0 Å². The molecule has 0 aliphatic carbocycles. The van der Waals surface area contributed by atoms with Gasteiger partial charge >= 0.3 is 0 Å². The van der Waals surface area contributed by atoms with Gasteiger partial charge in [-0.3, -0.25) is 4.68 Å². The summed E-state index contributed by atoms with van der Waals surface area (Å²) < 4.78 is 3.70. The normalized spacial score (nSPS) is 10.6. The lowest BCUT2D eigenvalue weighted by atomic mass is 10.2. The molecule has 0 aliphatic rings. The van der Waals surface area contributed by atoms with Crippen LogP contribution in [0.2, 0.25) is 0 Å². The lowest BCUT2D eigenvalue weighted by Gasteiger charge is -2.02. The number of nitrogens with one attached hydrogen (secondary N) is 1. The molecule has 0 spiro atoms. The van der Waals surface area contributed by atoms with E-state index in [9.17, 15) is 0 Å². The molecule has 1 N–H and O–H groups in total. The van der Waals surface area contributed by atoms with Crippen LogP contribution in [0.3, 0.4) is 0 Å². The molecule has 0 saturated carbocycles. The fraction of sp³-hybridized carbons (Fsp3) is 0.429. The van der Waals surface area contributed by atoms with Gasteiger partial charge in [0, 0.05) is 45.1 Å². The lowest BCUT2D eigenvalue weighted by molar-refractivity contribution is 0.687. The minimum absolute atomic E-state index is 0.687. The van der Waals surface area contributed by atoms with Crippen molar-refractivity contribution in [1.82, 2.24) is 19.7 Å². The van der Waals surface area contributed by atoms with Gasteiger partial charge in [0.05, 0.1) is 5.69 Å². The van der Waals surface area contributed by atoms with Crippen molar-refractivity contribution in [2.75, 3.05) is 0 Å². The Morgan fingerprint density at radius 3 is 2.74 bits per heavy atom. The molecule has 0 atom stereocenters. The highest BCUT2D eigenvalue weighted by Gasteiger charge is 2.06. The molecule has 2 aromatic rings. The van der Waals surface area contributed by atoms with Gasteiger partial charge in [0.25, 0.3) is 0 Å². The Morgan fingerprint density at radius 1 is 1.32 bits per heavy atom. The molecule has 0 bridgehead atoms. The van der Waals surface area contributed by atoms with E-state index < -0.39 is 0 Å². The highest BCUT2D eigenvalue weighted by molar-refractivity contribution is 5.28. The van der Waals surface area contributed by atoms with Gasteiger partial charge in [0.2, 0.25) is 0 Å². The zero-order valence-corrected chi connectivity index (χ0v) is 11.6. The number of rotatable bonds is 5. The molecule has 0 radical (unpaired) electrons. The molecule has 19 heavy (non-hydrogen) atoms. The highest BCUT2D eigenvalue weighted by atomic mass is 15.3. The summed E-state index contributed by atoms with van der Waals surface area (Å²) in [6.45, 7) is 3.67. The van der Waals surface area contributed by atoms with Gasteiger partial charge in [-0.25, -0.2) is 0 Å². The van der Waals surface area contributed by atoms with Crippen molar-refractivity contribution in [2.45, 2.75) is 26.4 Å². The Bertz CT molecular complexity index is 600. The second-order valence-corrected chi connectivity index (χ2v) is 4.69. The number of nitriles is 1. The second kappa shape index (κ2) is 5.72. The summed E-state index contributed by atoms with van der Waals surface area (Å²) in [4.78, 5) is 0. The van der Waals surface area contributed by atoms with Crippen molar-refractivity contribution >= 4 is 0 Å². The van der Waals surface area contributed by atoms with Crippen LogP contribution < -0.4 is 5.32 Å². The molecule has 0 saturated heterocycles. The van der Waals surface area contributed by atoms with E-state index in [-0.39, 0.29) is 0 Å². The Labute approximate surface area is 113 Å². The van der Waals surface area contributed by atoms with E-state index in [4.69, 9.17) is 5.26 Å². The van der Waals surface area contributed by atoms with E-state index in [0.29, 0.717) is 5.69 Å². The summed E-state index contributed by atoms with van der Waals surface area (Å²) in [7, 11) is 3.83. The standard InChI is InChI=1S/C14H19N5/c1-4-14-12(10-19(3)17-14)8-16-7-11-5-13(6-15)18(2)9-11/h5,9-10,16H,4,7-8H2,1-3H3. The molecule has 2 heterocycles. The molecule has 0 amide bonds. The molecule has 0 fully saturated rings. The summed E-state index contributed by atoms with van der Waals surface area (Å²) in [6.07, 6.45) is 4.98. The molecule has 5 heteroatoms. The van der Waals surface area contributed by atoms with Crippen molar-refractivity contribution in [3.05, 3.63) is 41.0 Å². The van der Waals surface area contributed by atoms with Crippen molar-refractivity contribution < 1.29 is 0 Å². The fourth-order valence-corrected chi connectivity index (χ4v) is 2.21.